The smallest absolute Gasteiger partial charge is 0.330 e. The predicted octanol–water partition coefficient (Wildman–Crippen LogP) is 3.48. The molecule has 1 aromatic carbocycles. The first kappa shape index (κ1) is 10.4. The second-order valence-electron chi connectivity index (χ2n) is 2.84. The van der Waals surface area contributed by atoms with Gasteiger partial charge < -0.3 is 4.98 Å². The summed E-state index contributed by atoms with van der Waals surface area (Å²) in [5.41, 5.74) is -1.63. The number of aromatic nitrogens is 2. The van der Waals surface area contributed by atoms with E-state index >= 15 is 0 Å². The van der Waals surface area contributed by atoms with Crippen LogP contribution in [-0.4, -0.2) is 9.97 Å². The Kier molecular flexibility index (Phi) is 2.22. The molecule has 0 fully saturated rings. The average molecular weight is 283 g/mol. The molecule has 2 rings (SSSR count). The van der Waals surface area contributed by atoms with Gasteiger partial charge >= 0.3 is 6.18 Å². The van der Waals surface area contributed by atoms with Crippen molar-refractivity contribution >= 4 is 27.0 Å². The molecule has 0 spiro atoms. The number of nitrogens with zero attached hydrogens (tertiary/aromatic N) is 1. The summed E-state index contributed by atoms with van der Waals surface area (Å²) in [5, 5.41) is 0. The van der Waals surface area contributed by atoms with E-state index in [1.807, 2.05) is 0 Å². The maximum Gasteiger partial charge on any atom is 0.418 e. The number of halogens is 5. The van der Waals surface area contributed by atoms with Gasteiger partial charge in [-0.05, 0) is 28.1 Å². The highest BCUT2D eigenvalue weighted by atomic mass is 79.9. The van der Waals surface area contributed by atoms with Crippen LogP contribution >= 0.6 is 15.9 Å². The number of benzene rings is 1. The molecule has 1 heterocycles. The van der Waals surface area contributed by atoms with Crippen LogP contribution in [0.1, 0.15) is 5.56 Å². The van der Waals surface area contributed by atoms with E-state index in [4.69, 9.17) is 0 Å². The minimum absolute atomic E-state index is 0.0631. The highest BCUT2D eigenvalue weighted by molar-refractivity contribution is 9.10. The summed E-state index contributed by atoms with van der Waals surface area (Å²) in [6, 6.07) is 1.43. The summed E-state index contributed by atoms with van der Waals surface area (Å²) in [7, 11) is 0. The van der Waals surface area contributed by atoms with Gasteiger partial charge in [0.15, 0.2) is 4.73 Å². The Hall–Kier alpha value is -1.11. The van der Waals surface area contributed by atoms with Crippen molar-refractivity contribution in [2.75, 3.05) is 0 Å². The summed E-state index contributed by atoms with van der Waals surface area (Å²) >= 11 is 2.86. The van der Waals surface area contributed by atoms with Crippen LogP contribution in [0.4, 0.5) is 17.6 Å². The third-order valence-electron chi connectivity index (χ3n) is 1.87. The molecule has 0 bridgehead atoms. The van der Waals surface area contributed by atoms with Gasteiger partial charge in [-0.15, -0.1) is 0 Å². The van der Waals surface area contributed by atoms with Crippen LogP contribution in [0.3, 0.4) is 0 Å². The van der Waals surface area contributed by atoms with Crippen LogP contribution in [0.25, 0.3) is 11.0 Å². The van der Waals surface area contributed by atoms with Crippen LogP contribution in [0.15, 0.2) is 16.9 Å². The molecule has 2 nitrogen and oxygen atoms in total. The number of hydrogen-bond donors (Lipinski definition) is 1. The van der Waals surface area contributed by atoms with E-state index in [9.17, 15) is 17.6 Å². The lowest BCUT2D eigenvalue weighted by atomic mass is 10.1. The molecule has 7 heteroatoms. The molecule has 1 aromatic heterocycles. The van der Waals surface area contributed by atoms with Gasteiger partial charge in [0, 0.05) is 0 Å². The first-order valence-electron chi connectivity index (χ1n) is 3.80. The van der Waals surface area contributed by atoms with Crippen LogP contribution in [0, 0.1) is 5.82 Å². The summed E-state index contributed by atoms with van der Waals surface area (Å²) in [4.78, 5) is 5.91. The Bertz CT molecular complexity index is 517. The van der Waals surface area contributed by atoms with Gasteiger partial charge in [0.25, 0.3) is 0 Å². The van der Waals surface area contributed by atoms with E-state index in [2.05, 4.69) is 25.9 Å². The average Bonchev–Trinajstić information content (AvgIpc) is 2.45. The monoisotopic (exact) mass is 282 g/mol. The molecule has 0 aliphatic carbocycles. The van der Waals surface area contributed by atoms with Gasteiger partial charge in [-0.25, -0.2) is 9.37 Å². The molecule has 0 saturated carbocycles. The molecule has 1 N–H and O–H groups in total. The fraction of sp³-hybridized carbons (Fsp3) is 0.125. The molecule has 0 aliphatic heterocycles. The molecule has 0 saturated heterocycles. The molecule has 0 amide bonds. The van der Waals surface area contributed by atoms with Crippen molar-refractivity contribution in [1.29, 1.82) is 0 Å². The van der Waals surface area contributed by atoms with E-state index < -0.39 is 23.1 Å². The maximum absolute atomic E-state index is 13.1. The van der Waals surface area contributed by atoms with E-state index in [0.717, 1.165) is 6.07 Å². The first-order valence-corrected chi connectivity index (χ1v) is 4.60. The predicted molar refractivity (Wildman–Crippen MR) is 48.8 cm³/mol. The van der Waals surface area contributed by atoms with E-state index in [1.165, 1.54) is 0 Å². The van der Waals surface area contributed by atoms with Crippen molar-refractivity contribution in [3.05, 3.63) is 28.2 Å². The number of imidazole rings is 1. The van der Waals surface area contributed by atoms with Crippen LogP contribution < -0.4 is 0 Å². The quantitative estimate of drug-likeness (QED) is 0.737. The van der Waals surface area contributed by atoms with Gasteiger partial charge in [0.1, 0.15) is 16.9 Å². The van der Waals surface area contributed by atoms with Crippen LogP contribution in [0.5, 0.6) is 0 Å². The van der Waals surface area contributed by atoms with Gasteiger partial charge in [-0.3, -0.25) is 0 Å². The fourth-order valence-electron chi connectivity index (χ4n) is 1.26. The van der Waals surface area contributed by atoms with Gasteiger partial charge in [-0.2, -0.15) is 13.2 Å². The van der Waals surface area contributed by atoms with Gasteiger partial charge in [0.2, 0.25) is 0 Å². The standard InChI is InChI=1S/C8H3BrF4N2/c9-7-14-5-3(8(11,12)13)1-2-4(10)6(5)15-7/h1-2H,(H,14,15). The number of fused-ring (bicyclic) bond motifs is 1. The van der Waals surface area contributed by atoms with E-state index in [0.29, 0.717) is 6.07 Å². The molecule has 2 aromatic rings. The normalized spacial score (nSPS) is 12.3. The zero-order valence-electron chi connectivity index (χ0n) is 6.99. The molecule has 0 aliphatic rings. The highest BCUT2D eigenvalue weighted by Gasteiger charge is 2.34. The molecule has 0 atom stereocenters. The van der Waals surface area contributed by atoms with Crippen LogP contribution in [0.2, 0.25) is 0 Å². The van der Waals surface area contributed by atoms with Crippen molar-refractivity contribution < 1.29 is 17.6 Å². The number of aromatic amines is 1. The summed E-state index contributed by atoms with van der Waals surface area (Å²) in [6.45, 7) is 0. The Morgan fingerprint density at radius 3 is 2.53 bits per heavy atom. The second kappa shape index (κ2) is 3.19. The summed E-state index contributed by atoms with van der Waals surface area (Å²) < 4.78 is 50.6. The van der Waals surface area contributed by atoms with Crippen molar-refractivity contribution in [2.45, 2.75) is 6.18 Å². The molecular formula is C8H3BrF4N2. The number of H-pyrrole nitrogens is 1. The third-order valence-corrected chi connectivity index (χ3v) is 2.25. The zero-order valence-corrected chi connectivity index (χ0v) is 8.58. The maximum atomic E-state index is 13.1. The lowest BCUT2D eigenvalue weighted by Gasteiger charge is -2.06. The largest absolute Gasteiger partial charge is 0.418 e. The second-order valence-corrected chi connectivity index (χ2v) is 3.60. The molecular weight excluding hydrogens is 280 g/mol. The Balaban J connectivity index is 2.83. The minimum Gasteiger partial charge on any atom is -0.330 e. The van der Waals surface area contributed by atoms with E-state index in [-0.39, 0.29) is 10.3 Å². The Morgan fingerprint density at radius 1 is 1.27 bits per heavy atom. The molecule has 0 unspecified atom stereocenters. The first-order chi connectivity index (χ1) is 6.89. The van der Waals surface area contributed by atoms with Gasteiger partial charge in [-0.1, -0.05) is 0 Å². The van der Waals surface area contributed by atoms with Gasteiger partial charge in [0.05, 0.1) is 5.56 Å². The van der Waals surface area contributed by atoms with Crippen molar-refractivity contribution in [3.8, 4) is 0 Å². The molecule has 15 heavy (non-hydrogen) atoms. The minimum atomic E-state index is -4.54. The number of alkyl halides is 3. The Morgan fingerprint density at radius 2 is 1.93 bits per heavy atom. The number of hydrogen-bond acceptors (Lipinski definition) is 1. The zero-order chi connectivity index (χ0) is 11.2. The third kappa shape index (κ3) is 1.71. The topological polar surface area (TPSA) is 28.7 Å². The summed E-state index contributed by atoms with van der Waals surface area (Å²) in [6.07, 6.45) is -4.54. The molecule has 80 valence electrons. The van der Waals surface area contributed by atoms with Crippen molar-refractivity contribution in [2.24, 2.45) is 0 Å². The number of nitrogens with one attached hydrogen (secondary N) is 1. The lowest BCUT2D eigenvalue weighted by molar-refractivity contribution is -0.136. The van der Waals surface area contributed by atoms with Crippen molar-refractivity contribution in [3.63, 3.8) is 0 Å². The highest BCUT2D eigenvalue weighted by Crippen LogP contribution is 2.35. The van der Waals surface area contributed by atoms with E-state index in [1.54, 1.807) is 0 Å². The van der Waals surface area contributed by atoms with Crippen LogP contribution in [-0.2, 0) is 6.18 Å². The SMILES string of the molecule is Fc1ccc(C(F)(F)F)c2nc(Br)[nH]c12. The Labute approximate surface area is 89.4 Å². The number of rotatable bonds is 0. The summed E-state index contributed by atoms with van der Waals surface area (Å²) in [5.74, 6) is -0.767. The lowest BCUT2D eigenvalue weighted by Crippen LogP contribution is -2.06. The molecule has 0 radical (unpaired) electrons. The fourth-order valence-corrected chi connectivity index (χ4v) is 1.64. The van der Waals surface area contributed by atoms with Crippen molar-refractivity contribution in [1.82, 2.24) is 9.97 Å².